The van der Waals surface area contributed by atoms with Crippen molar-refractivity contribution in [1.82, 2.24) is 0 Å². The molecule has 298 valence electrons. The third-order valence-corrected chi connectivity index (χ3v) is 8.64. The minimum atomic E-state index is -4.40. The highest BCUT2D eigenvalue weighted by atomic mass is 31.2. The predicted molar refractivity (Wildman–Crippen MR) is 212 cm³/mol. The summed E-state index contributed by atoms with van der Waals surface area (Å²) in [6.07, 6.45) is 39.7. The first-order chi connectivity index (χ1) is 25.2. The van der Waals surface area contributed by atoms with Crippen molar-refractivity contribution in [3.63, 3.8) is 0 Å². The number of ether oxygens (including phenoxy) is 2. The summed E-state index contributed by atoms with van der Waals surface area (Å²) in [5.41, 5.74) is 5.32. The van der Waals surface area contributed by atoms with Crippen LogP contribution < -0.4 is 5.73 Å². The average molecular weight is 752 g/mol. The van der Waals surface area contributed by atoms with Gasteiger partial charge in [0.2, 0.25) is 0 Å². The van der Waals surface area contributed by atoms with Crippen LogP contribution in [0.3, 0.4) is 0 Å². The fraction of sp³-hybridized carbons (Fsp3) is 0.659. The summed E-state index contributed by atoms with van der Waals surface area (Å²) in [7, 11) is -4.40. The molecule has 0 aromatic rings. The smallest absolute Gasteiger partial charge is 0.462 e. The lowest BCUT2D eigenvalue weighted by molar-refractivity contribution is -0.161. The van der Waals surface area contributed by atoms with E-state index >= 15 is 0 Å². The number of aliphatic hydroxyl groups is 1. The first-order valence-electron chi connectivity index (χ1n) is 19.5. The van der Waals surface area contributed by atoms with E-state index < -0.39 is 38.6 Å². The number of allylic oxidation sites excluding steroid dienone is 10. The van der Waals surface area contributed by atoms with Crippen LogP contribution in [0.4, 0.5) is 0 Å². The van der Waals surface area contributed by atoms with Gasteiger partial charge in [-0.25, -0.2) is 4.57 Å². The molecule has 0 bridgehead atoms. The Balaban J connectivity index is 4.41. The SMILES string of the molecule is CC/C=C\C/C=C\CC(O)/C=C/C=C\C/C=C\CCCC(=O)OC[C@H](COP(=O)(O)OCCN)OC(=O)CCCCCCC/C=C\CCCCCC. The van der Waals surface area contributed by atoms with Gasteiger partial charge >= 0.3 is 19.8 Å². The normalized spacial score (nSPS) is 14.8. The molecule has 0 fully saturated rings. The minimum Gasteiger partial charge on any atom is -0.462 e. The van der Waals surface area contributed by atoms with Crippen LogP contribution in [0.15, 0.2) is 72.9 Å². The Morgan fingerprint density at radius 3 is 2.04 bits per heavy atom. The topological polar surface area (TPSA) is 155 Å². The number of carbonyl (C=O) groups excluding carboxylic acids is 2. The van der Waals surface area contributed by atoms with Crippen LogP contribution in [0.1, 0.15) is 136 Å². The maximum atomic E-state index is 12.5. The zero-order valence-corrected chi connectivity index (χ0v) is 33.0. The minimum absolute atomic E-state index is 0.0319. The third kappa shape index (κ3) is 35.8. The fourth-order valence-electron chi connectivity index (χ4n) is 4.75. The van der Waals surface area contributed by atoms with Crippen molar-refractivity contribution in [3.8, 4) is 0 Å². The lowest BCUT2D eigenvalue weighted by atomic mass is 10.1. The van der Waals surface area contributed by atoms with Gasteiger partial charge in [-0.05, 0) is 70.6 Å². The summed E-state index contributed by atoms with van der Waals surface area (Å²) in [6.45, 7) is 3.40. The van der Waals surface area contributed by atoms with E-state index in [4.69, 9.17) is 24.3 Å². The van der Waals surface area contributed by atoms with Crippen molar-refractivity contribution in [3.05, 3.63) is 72.9 Å². The van der Waals surface area contributed by atoms with Crippen LogP contribution in [0.5, 0.6) is 0 Å². The molecule has 0 rings (SSSR count). The molecular formula is C41H70NO9P. The summed E-state index contributed by atoms with van der Waals surface area (Å²) in [5.74, 6) is -0.955. The second kappa shape index (κ2) is 36.8. The molecular weight excluding hydrogens is 681 g/mol. The monoisotopic (exact) mass is 751 g/mol. The highest BCUT2D eigenvalue weighted by Crippen LogP contribution is 2.43. The number of aliphatic hydroxyl groups excluding tert-OH is 1. The zero-order chi connectivity index (χ0) is 38.4. The molecule has 0 saturated carbocycles. The maximum absolute atomic E-state index is 12.5. The largest absolute Gasteiger partial charge is 0.472 e. The van der Waals surface area contributed by atoms with E-state index in [0.29, 0.717) is 25.7 Å². The summed E-state index contributed by atoms with van der Waals surface area (Å²) < 4.78 is 32.6. The van der Waals surface area contributed by atoms with E-state index in [0.717, 1.165) is 57.8 Å². The van der Waals surface area contributed by atoms with Crippen molar-refractivity contribution in [2.45, 2.75) is 148 Å². The van der Waals surface area contributed by atoms with Crippen LogP contribution in [-0.4, -0.2) is 60.5 Å². The van der Waals surface area contributed by atoms with E-state index in [1.165, 1.54) is 25.7 Å². The first kappa shape index (κ1) is 49.4. The fourth-order valence-corrected chi connectivity index (χ4v) is 5.51. The molecule has 0 aromatic heterocycles. The molecule has 3 atom stereocenters. The highest BCUT2D eigenvalue weighted by molar-refractivity contribution is 7.47. The lowest BCUT2D eigenvalue weighted by Crippen LogP contribution is -2.29. The average Bonchev–Trinajstić information content (AvgIpc) is 3.12. The van der Waals surface area contributed by atoms with E-state index in [2.05, 4.69) is 38.2 Å². The highest BCUT2D eigenvalue weighted by Gasteiger charge is 2.25. The van der Waals surface area contributed by atoms with Crippen molar-refractivity contribution in [2.24, 2.45) is 5.73 Å². The van der Waals surface area contributed by atoms with Crippen LogP contribution in [0, 0.1) is 0 Å². The Labute approximate surface area is 314 Å². The van der Waals surface area contributed by atoms with Crippen molar-refractivity contribution in [1.29, 1.82) is 0 Å². The Hall–Kier alpha value is -2.59. The van der Waals surface area contributed by atoms with Gasteiger partial charge in [0.1, 0.15) is 6.61 Å². The number of phosphoric acid groups is 1. The van der Waals surface area contributed by atoms with Gasteiger partial charge in [-0.1, -0.05) is 125 Å². The van der Waals surface area contributed by atoms with Crippen molar-refractivity contribution in [2.75, 3.05) is 26.4 Å². The summed E-state index contributed by atoms with van der Waals surface area (Å²) in [5, 5.41) is 9.99. The number of hydrogen-bond donors (Lipinski definition) is 3. The zero-order valence-electron chi connectivity index (χ0n) is 32.1. The molecule has 0 radical (unpaired) electrons. The van der Waals surface area contributed by atoms with Gasteiger partial charge < -0.3 is 25.2 Å². The Morgan fingerprint density at radius 1 is 0.692 bits per heavy atom. The molecule has 2 unspecified atom stereocenters. The first-order valence-corrected chi connectivity index (χ1v) is 21.0. The molecule has 0 aliphatic carbocycles. The molecule has 4 N–H and O–H groups in total. The molecule has 11 heteroatoms. The molecule has 10 nitrogen and oxygen atoms in total. The number of phosphoric ester groups is 1. The predicted octanol–water partition coefficient (Wildman–Crippen LogP) is 9.68. The summed E-state index contributed by atoms with van der Waals surface area (Å²) in [4.78, 5) is 34.7. The maximum Gasteiger partial charge on any atom is 0.472 e. The van der Waals surface area contributed by atoms with Crippen LogP contribution in [0.2, 0.25) is 0 Å². The van der Waals surface area contributed by atoms with Crippen LogP contribution in [-0.2, 0) is 32.7 Å². The molecule has 0 aliphatic rings. The third-order valence-electron chi connectivity index (χ3n) is 7.66. The molecule has 0 saturated heterocycles. The van der Waals surface area contributed by atoms with E-state index in [1.54, 1.807) is 6.08 Å². The number of rotatable bonds is 35. The van der Waals surface area contributed by atoms with E-state index in [-0.39, 0.29) is 32.6 Å². The number of nitrogens with two attached hydrogens (primary N) is 1. The number of hydrogen-bond acceptors (Lipinski definition) is 9. The Bertz CT molecular complexity index is 1100. The van der Waals surface area contributed by atoms with Gasteiger partial charge in [-0.3, -0.25) is 18.6 Å². The number of carbonyl (C=O) groups is 2. The van der Waals surface area contributed by atoms with Gasteiger partial charge in [0.05, 0.1) is 19.3 Å². The van der Waals surface area contributed by atoms with Gasteiger partial charge in [0, 0.05) is 19.4 Å². The van der Waals surface area contributed by atoms with Gasteiger partial charge in [0.25, 0.3) is 0 Å². The standard InChI is InChI=1S/C41H70NO9P/c1-3-5-7-9-11-12-13-14-15-16-21-25-29-33-41(45)51-39(37-50-52(46,47)49-35-34-42)36-48-40(44)32-28-24-20-18-17-19-23-27-31-38(43)30-26-22-10-8-6-4-2/h6,8,12-13,18-20,22-23,26-27,31,38-39,43H,3-5,7,9-11,14-17,21,24-25,28-30,32-37,42H2,1-2H3,(H,46,47)/b8-6-,13-12-,20-18-,23-19-,26-22-,31-27+/t38?,39-/m1/s1. The summed E-state index contributed by atoms with van der Waals surface area (Å²) in [6, 6.07) is 0. The molecule has 0 aliphatic heterocycles. The van der Waals surface area contributed by atoms with Crippen LogP contribution in [0.25, 0.3) is 0 Å². The summed E-state index contributed by atoms with van der Waals surface area (Å²) >= 11 is 0. The van der Waals surface area contributed by atoms with Gasteiger partial charge in [-0.15, -0.1) is 0 Å². The second-order valence-electron chi connectivity index (χ2n) is 12.6. The molecule has 0 amide bonds. The van der Waals surface area contributed by atoms with Crippen LogP contribution >= 0.6 is 7.82 Å². The van der Waals surface area contributed by atoms with Crippen molar-refractivity contribution < 1.29 is 42.7 Å². The van der Waals surface area contributed by atoms with Gasteiger partial charge in [0.15, 0.2) is 6.10 Å². The molecule has 0 spiro atoms. The Kier molecular flexibility index (Phi) is 34.9. The molecule has 52 heavy (non-hydrogen) atoms. The van der Waals surface area contributed by atoms with Gasteiger partial charge in [-0.2, -0.15) is 0 Å². The lowest BCUT2D eigenvalue weighted by Gasteiger charge is -2.19. The van der Waals surface area contributed by atoms with E-state index in [9.17, 15) is 24.2 Å². The molecule has 0 aromatic carbocycles. The van der Waals surface area contributed by atoms with E-state index in [1.807, 2.05) is 42.5 Å². The number of unbranched alkanes of at least 4 members (excludes halogenated alkanes) is 10. The Morgan fingerprint density at radius 2 is 1.31 bits per heavy atom. The van der Waals surface area contributed by atoms with Crippen molar-refractivity contribution >= 4 is 19.8 Å². The second-order valence-corrected chi connectivity index (χ2v) is 14.1. The quantitative estimate of drug-likeness (QED) is 0.0187. The number of esters is 2. The molecule has 0 heterocycles.